The van der Waals surface area contributed by atoms with Gasteiger partial charge in [0.2, 0.25) is 10.0 Å². The lowest BCUT2D eigenvalue weighted by molar-refractivity contribution is 0.0657. The van der Waals surface area contributed by atoms with Crippen LogP contribution in [0.25, 0.3) is 11.3 Å². The number of nitrogens with two attached hydrogens (primary N) is 1. The zero-order valence-corrected chi connectivity index (χ0v) is 23.0. The molecule has 0 radical (unpaired) electrons. The molecule has 0 unspecified atom stereocenters. The van der Waals surface area contributed by atoms with E-state index in [-0.39, 0.29) is 16.9 Å². The largest absolute Gasteiger partial charge is 0.489 e. The minimum Gasteiger partial charge on any atom is -0.489 e. The van der Waals surface area contributed by atoms with Crippen LogP contribution in [0.3, 0.4) is 0 Å². The number of primary sulfonamides is 1. The van der Waals surface area contributed by atoms with Crippen molar-refractivity contribution in [3.63, 3.8) is 0 Å². The number of ether oxygens (including phenoxy) is 1. The molecule has 1 saturated heterocycles. The number of anilines is 2. The number of nitrogens with one attached hydrogen (secondary N) is 1. The van der Waals surface area contributed by atoms with Crippen molar-refractivity contribution in [2.24, 2.45) is 5.14 Å². The molecule has 1 aliphatic heterocycles. The average Bonchev–Trinajstić information content (AvgIpc) is 3.32. The van der Waals surface area contributed by atoms with Gasteiger partial charge in [-0.2, -0.15) is 0 Å². The Labute approximate surface area is 221 Å². The van der Waals surface area contributed by atoms with Gasteiger partial charge in [0, 0.05) is 36.3 Å². The van der Waals surface area contributed by atoms with E-state index in [2.05, 4.69) is 34.3 Å². The highest BCUT2D eigenvalue weighted by Crippen LogP contribution is 2.33. The SMILES string of the molecule is CC(C)Oc1ccc(S(N)(=O)=O)cc1Nc1nc(-c2ccc(C(=O)N3CCC(N(C)C)CC3)nc2)cs1. The van der Waals surface area contributed by atoms with Crippen LogP contribution >= 0.6 is 11.3 Å². The summed E-state index contributed by atoms with van der Waals surface area (Å²) in [6.45, 7) is 5.21. The quantitative estimate of drug-likeness (QED) is 0.440. The summed E-state index contributed by atoms with van der Waals surface area (Å²) >= 11 is 1.35. The van der Waals surface area contributed by atoms with E-state index in [9.17, 15) is 13.2 Å². The van der Waals surface area contributed by atoms with Crippen molar-refractivity contribution in [1.82, 2.24) is 19.8 Å². The number of amides is 1. The molecule has 1 fully saturated rings. The molecule has 3 heterocycles. The van der Waals surface area contributed by atoms with Gasteiger partial charge in [0.05, 0.1) is 22.4 Å². The standard InChI is InChI=1S/C25H32N6O4S2/c1-16(2)35-23-8-6-19(37(26,33)34)13-21(23)28-25-29-22(15-36-25)17-5-7-20(27-14-17)24(32)31-11-9-18(10-12-31)30(3)4/h5-8,13-16,18H,9-12H2,1-4H3,(H,28,29)(H2,26,33,34). The summed E-state index contributed by atoms with van der Waals surface area (Å²) < 4.78 is 29.5. The third-order valence-electron chi connectivity index (χ3n) is 6.15. The van der Waals surface area contributed by atoms with Crippen molar-refractivity contribution >= 4 is 38.1 Å². The van der Waals surface area contributed by atoms with Gasteiger partial charge >= 0.3 is 0 Å². The number of hydrogen-bond donors (Lipinski definition) is 2. The Hall–Kier alpha value is -3.06. The van der Waals surface area contributed by atoms with Crippen LogP contribution in [-0.4, -0.2) is 73.4 Å². The second-order valence-corrected chi connectivity index (χ2v) is 11.9. The van der Waals surface area contributed by atoms with Gasteiger partial charge in [0.25, 0.3) is 5.91 Å². The van der Waals surface area contributed by atoms with Gasteiger partial charge in [0.15, 0.2) is 5.13 Å². The van der Waals surface area contributed by atoms with Crippen molar-refractivity contribution in [2.45, 2.75) is 43.7 Å². The van der Waals surface area contributed by atoms with Crippen molar-refractivity contribution in [3.8, 4) is 17.0 Å². The number of rotatable bonds is 8. The van der Waals surface area contributed by atoms with Crippen LogP contribution in [0.15, 0.2) is 46.8 Å². The molecule has 198 valence electrons. The molecule has 37 heavy (non-hydrogen) atoms. The Bertz CT molecular complexity index is 1350. The van der Waals surface area contributed by atoms with E-state index in [1.165, 1.54) is 23.5 Å². The number of benzene rings is 1. The second kappa shape index (κ2) is 11.1. The summed E-state index contributed by atoms with van der Waals surface area (Å²) in [5, 5.41) is 10.8. The number of piperidine rings is 1. The van der Waals surface area contributed by atoms with E-state index in [4.69, 9.17) is 9.88 Å². The van der Waals surface area contributed by atoms with Crippen molar-refractivity contribution in [3.05, 3.63) is 47.6 Å². The number of nitrogens with zero attached hydrogens (tertiary/aromatic N) is 4. The topological polar surface area (TPSA) is 131 Å². The van der Waals surface area contributed by atoms with Crippen LogP contribution in [0.4, 0.5) is 10.8 Å². The maximum Gasteiger partial charge on any atom is 0.272 e. The average molecular weight is 545 g/mol. The number of aromatic nitrogens is 2. The minimum absolute atomic E-state index is 0.0294. The van der Waals surface area contributed by atoms with Crippen molar-refractivity contribution in [2.75, 3.05) is 32.5 Å². The summed E-state index contributed by atoms with van der Waals surface area (Å²) in [6, 6.07) is 8.47. The Morgan fingerprint density at radius 2 is 1.95 bits per heavy atom. The summed E-state index contributed by atoms with van der Waals surface area (Å²) in [5.74, 6) is 0.426. The summed E-state index contributed by atoms with van der Waals surface area (Å²) in [5.41, 5.74) is 2.30. The lowest BCUT2D eigenvalue weighted by Gasteiger charge is -2.35. The van der Waals surface area contributed by atoms with Crippen molar-refractivity contribution in [1.29, 1.82) is 0 Å². The molecule has 4 rings (SSSR count). The number of pyridine rings is 1. The lowest BCUT2D eigenvalue weighted by Crippen LogP contribution is -2.44. The Morgan fingerprint density at radius 1 is 1.22 bits per heavy atom. The highest BCUT2D eigenvalue weighted by atomic mass is 32.2. The van der Waals surface area contributed by atoms with Gasteiger partial charge in [-0.3, -0.25) is 9.78 Å². The smallest absolute Gasteiger partial charge is 0.272 e. The molecule has 0 spiro atoms. The second-order valence-electron chi connectivity index (χ2n) is 9.45. The summed E-state index contributed by atoms with van der Waals surface area (Å²) in [7, 11) is 0.262. The normalized spacial score (nSPS) is 14.8. The zero-order chi connectivity index (χ0) is 26.7. The highest BCUT2D eigenvalue weighted by Gasteiger charge is 2.25. The molecule has 0 aliphatic carbocycles. The fraction of sp³-hybridized carbons (Fsp3) is 0.400. The van der Waals surface area contributed by atoms with Crippen LogP contribution in [0.2, 0.25) is 0 Å². The number of likely N-dealkylation sites (tertiary alicyclic amines) is 1. The van der Waals surface area contributed by atoms with E-state index in [0.717, 1.165) is 31.5 Å². The molecule has 1 aromatic carbocycles. The third-order valence-corrected chi connectivity index (χ3v) is 7.82. The van der Waals surface area contributed by atoms with Crippen LogP contribution in [0.1, 0.15) is 37.2 Å². The molecule has 2 aromatic heterocycles. The van der Waals surface area contributed by atoms with Crippen LogP contribution in [-0.2, 0) is 10.0 Å². The van der Waals surface area contributed by atoms with Gasteiger partial charge in [-0.15, -0.1) is 11.3 Å². The number of sulfonamides is 1. The maximum atomic E-state index is 12.9. The van der Waals surface area contributed by atoms with E-state index in [1.807, 2.05) is 30.2 Å². The molecule has 3 aromatic rings. The Morgan fingerprint density at radius 3 is 2.54 bits per heavy atom. The monoisotopic (exact) mass is 544 g/mol. The van der Waals surface area contributed by atoms with Gasteiger partial charge in [-0.25, -0.2) is 18.5 Å². The number of hydrogen-bond acceptors (Lipinski definition) is 9. The fourth-order valence-electron chi connectivity index (χ4n) is 4.14. The van der Waals surface area contributed by atoms with Crippen LogP contribution < -0.4 is 15.2 Å². The fourth-order valence-corrected chi connectivity index (χ4v) is 5.41. The van der Waals surface area contributed by atoms with Crippen molar-refractivity contribution < 1.29 is 17.9 Å². The number of carbonyl (C=O) groups excluding carboxylic acids is 1. The maximum absolute atomic E-state index is 12.9. The minimum atomic E-state index is -3.88. The predicted molar refractivity (Wildman–Crippen MR) is 145 cm³/mol. The van der Waals surface area contributed by atoms with Gasteiger partial charge < -0.3 is 19.9 Å². The van der Waals surface area contributed by atoms with Gasteiger partial charge in [0.1, 0.15) is 11.4 Å². The molecule has 12 heteroatoms. The third kappa shape index (κ3) is 6.63. The first-order valence-corrected chi connectivity index (χ1v) is 14.4. The number of thiazole rings is 1. The molecule has 1 aliphatic rings. The van der Waals surface area contributed by atoms with E-state index < -0.39 is 10.0 Å². The molecule has 10 nitrogen and oxygen atoms in total. The highest BCUT2D eigenvalue weighted by molar-refractivity contribution is 7.89. The van der Waals surface area contributed by atoms with Crippen LogP contribution in [0.5, 0.6) is 5.75 Å². The Balaban J connectivity index is 1.47. The molecule has 1 amide bonds. The summed E-state index contributed by atoms with van der Waals surface area (Å²) in [6.07, 6.45) is 3.44. The predicted octanol–water partition coefficient (Wildman–Crippen LogP) is 3.55. The molecule has 0 bridgehead atoms. The van der Waals surface area contributed by atoms with Crippen LogP contribution in [0, 0.1) is 0 Å². The first-order chi connectivity index (χ1) is 17.5. The Kier molecular flexibility index (Phi) is 8.12. The molecule has 3 N–H and O–H groups in total. The summed E-state index contributed by atoms with van der Waals surface area (Å²) in [4.78, 5) is 26.0. The zero-order valence-electron chi connectivity index (χ0n) is 21.3. The van der Waals surface area contributed by atoms with Gasteiger partial charge in [-0.1, -0.05) is 0 Å². The number of carbonyl (C=O) groups is 1. The van der Waals surface area contributed by atoms with E-state index in [1.54, 1.807) is 18.3 Å². The molecule has 0 atom stereocenters. The molecular weight excluding hydrogens is 512 g/mol. The van der Waals surface area contributed by atoms with Gasteiger partial charge in [-0.05, 0) is 71.1 Å². The lowest BCUT2D eigenvalue weighted by atomic mass is 10.0. The first-order valence-electron chi connectivity index (χ1n) is 12.0. The molecule has 0 saturated carbocycles. The molecular formula is C25H32N6O4S2. The van der Waals surface area contributed by atoms with E-state index in [0.29, 0.717) is 34.0 Å². The van der Waals surface area contributed by atoms with E-state index >= 15 is 0 Å². The first kappa shape index (κ1) is 27.0.